The monoisotopic (exact) mass is 360 g/mol. The van der Waals surface area contributed by atoms with Gasteiger partial charge in [-0.25, -0.2) is 0 Å². The van der Waals surface area contributed by atoms with Crippen molar-refractivity contribution < 1.29 is 14.3 Å². The fraction of sp³-hybridized carbons (Fsp3) is 0.667. The number of ether oxygens (including phenoxy) is 2. The molecule has 1 amide bonds. The Labute approximate surface area is 157 Å². The zero-order valence-electron chi connectivity index (χ0n) is 16.3. The smallest absolute Gasteiger partial charge is 0.251 e. The second kappa shape index (κ2) is 8.76. The number of nitrogens with one attached hydrogen (secondary N) is 1. The average molecular weight is 360 g/mol. The molecule has 1 aromatic carbocycles. The van der Waals surface area contributed by atoms with Crippen molar-refractivity contribution in [3.8, 4) is 11.5 Å². The molecule has 0 spiro atoms. The summed E-state index contributed by atoms with van der Waals surface area (Å²) in [7, 11) is 3.23. The predicted octanol–water partition coefficient (Wildman–Crippen LogP) is 3.40. The van der Waals surface area contributed by atoms with Crippen LogP contribution in [0.5, 0.6) is 11.5 Å². The summed E-state index contributed by atoms with van der Waals surface area (Å²) in [5.74, 6) is 2.21. The van der Waals surface area contributed by atoms with Crippen molar-refractivity contribution in [1.29, 1.82) is 0 Å². The lowest BCUT2D eigenvalue weighted by atomic mass is 10.0. The van der Waals surface area contributed by atoms with Crippen molar-refractivity contribution in [3.05, 3.63) is 23.3 Å². The lowest BCUT2D eigenvalue weighted by Gasteiger charge is -2.33. The van der Waals surface area contributed by atoms with Crippen molar-refractivity contribution in [2.24, 2.45) is 5.92 Å². The van der Waals surface area contributed by atoms with Crippen LogP contribution in [0.1, 0.15) is 54.4 Å². The fourth-order valence-corrected chi connectivity index (χ4v) is 4.30. The van der Waals surface area contributed by atoms with Crippen LogP contribution in [0.25, 0.3) is 0 Å². The summed E-state index contributed by atoms with van der Waals surface area (Å²) in [4.78, 5) is 15.3. The van der Waals surface area contributed by atoms with Crippen molar-refractivity contribution in [2.45, 2.75) is 51.5 Å². The lowest BCUT2D eigenvalue weighted by Crippen LogP contribution is -2.45. The van der Waals surface area contributed by atoms with E-state index in [4.69, 9.17) is 9.47 Å². The van der Waals surface area contributed by atoms with Crippen LogP contribution in [0.4, 0.5) is 0 Å². The molecule has 0 radical (unpaired) electrons. The van der Waals surface area contributed by atoms with E-state index in [-0.39, 0.29) is 11.9 Å². The summed E-state index contributed by atoms with van der Waals surface area (Å²) >= 11 is 0. The van der Waals surface area contributed by atoms with E-state index >= 15 is 0 Å². The van der Waals surface area contributed by atoms with Crippen LogP contribution in [0.3, 0.4) is 0 Å². The molecule has 3 rings (SSSR count). The molecular formula is C21H32N2O3. The Morgan fingerprint density at radius 1 is 1.08 bits per heavy atom. The summed E-state index contributed by atoms with van der Waals surface area (Å²) in [6.07, 6.45) is 7.65. The highest BCUT2D eigenvalue weighted by Gasteiger charge is 2.25. The fourth-order valence-electron chi connectivity index (χ4n) is 4.30. The van der Waals surface area contributed by atoms with E-state index in [1.807, 2.05) is 6.92 Å². The third-order valence-corrected chi connectivity index (χ3v) is 5.93. The van der Waals surface area contributed by atoms with Crippen molar-refractivity contribution in [2.75, 3.05) is 33.9 Å². The predicted molar refractivity (Wildman–Crippen MR) is 103 cm³/mol. The first kappa shape index (κ1) is 19.0. The summed E-state index contributed by atoms with van der Waals surface area (Å²) in [6, 6.07) is 3.84. The molecule has 0 atom stereocenters. The number of methoxy groups -OCH3 is 2. The molecule has 0 unspecified atom stereocenters. The van der Waals surface area contributed by atoms with E-state index < -0.39 is 0 Å². The average Bonchev–Trinajstić information content (AvgIpc) is 3.16. The molecule has 1 aliphatic heterocycles. The van der Waals surface area contributed by atoms with Gasteiger partial charge in [0.1, 0.15) is 11.5 Å². The number of hydrogen-bond donors (Lipinski definition) is 1. The molecular weight excluding hydrogens is 328 g/mol. The van der Waals surface area contributed by atoms with E-state index in [2.05, 4.69) is 10.2 Å². The largest absolute Gasteiger partial charge is 0.496 e. The molecule has 0 bridgehead atoms. The second-order valence-corrected chi connectivity index (χ2v) is 7.70. The molecule has 2 fully saturated rings. The summed E-state index contributed by atoms with van der Waals surface area (Å²) in [5.41, 5.74) is 1.50. The van der Waals surface area contributed by atoms with Crippen LogP contribution in [0.2, 0.25) is 0 Å². The standard InChI is InChI=1S/C21H32N2O3/c1-15-19(25-2)12-17(13-20(15)26-3)21(24)22-18-8-10-23(11-9-18)14-16-6-4-5-7-16/h12-13,16,18H,4-11,14H2,1-3H3,(H,22,24). The highest BCUT2D eigenvalue weighted by Crippen LogP contribution is 2.30. The summed E-state index contributed by atoms with van der Waals surface area (Å²) < 4.78 is 10.8. The van der Waals surface area contributed by atoms with E-state index in [1.54, 1.807) is 26.4 Å². The van der Waals surface area contributed by atoms with Crippen molar-refractivity contribution in [3.63, 3.8) is 0 Å². The van der Waals surface area contributed by atoms with Gasteiger partial charge in [-0.1, -0.05) is 12.8 Å². The van der Waals surface area contributed by atoms with E-state index in [0.717, 1.165) is 37.4 Å². The molecule has 1 N–H and O–H groups in total. The quantitative estimate of drug-likeness (QED) is 0.845. The number of carbonyl (C=O) groups excluding carboxylic acids is 1. The van der Waals surface area contributed by atoms with Gasteiger partial charge < -0.3 is 19.7 Å². The maximum atomic E-state index is 12.7. The molecule has 5 heteroatoms. The van der Waals surface area contributed by atoms with E-state index in [0.29, 0.717) is 17.1 Å². The van der Waals surface area contributed by atoms with Gasteiger partial charge in [-0.2, -0.15) is 0 Å². The second-order valence-electron chi connectivity index (χ2n) is 7.70. The van der Waals surface area contributed by atoms with Crippen molar-refractivity contribution >= 4 is 5.91 Å². The van der Waals surface area contributed by atoms with Gasteiger partial charge in [0.25, 0.3) is 5.91 Å². The van der Waals surface area contributed by atoms with Gasteiger partial charge in [0.2, 0.25) is 0 Å². The third-order valence-electron chi connectivity index (χ3n) is 5.93. The van der Waals surface area contributed by atoms with Gasteiger partial charge in [0.15, 0.2) is 0 Å². The molecule has 1 aliphatic carbocycles. The molecule has 26 heavy (non-hydrogen) atoms. The minimum atomic E-state index is -0.0455. The number of amides is 1. The molecule has 5 nitrogen and oxygen atoms in total. The van der Waals surface area contributed by atoms with E-state index in [9.17, 15) is 4.79 Å². The molecule has 1 saturated carbocycles. The first-order valence-electron chi connectivity index (χ1n) is 9.86. The van der Waals surface area contributed by atoms with Crippen LogP contribution < -0.4 is 14.8 Å². The number of rotatable bonds is 6. The Morgan fingerprint density at radius 3 is 2.19 bits per heavy atom. The first-order valence-corrected chi connectivity index (χ1v) is 9.86. The number of likely N-dealkylation sites (tertiary alicyclic amines) is 1. The zero-order chi connectivity index (χ0) is 18.5. The van der Waals surface area contributed by atoms with Gasteiger partial charge in [0.05, 0.1) is 14.2 Å². The third kappa shape index (κ3) is 4.50. The van der Waals surface area contributed by atoms with Crippen LogP contribution in [-0.4, -0.2) is 50.7 Å². The Balaban J connectivity index is 1.54. The molecule has 0 aromatic heterocycles. The van der Waals surface area contributed by atoms with Crippen LogP contribution in [0, 0.1) is 12.8 Å². The maximum Gasteiger partial charge on any atom is 0.251 e. The van der Waals surface area contributed by atoms with Gasteiger partial charge >= 0.3 is 0 Å². The van der Waals surface area contributed by atoms with Crippen LogP contribution >= 0.6 is 0 Å². The van der Waals surface area contributed by atoms with E-state index in [1.165, 1.54) is 32.2 Å². The Hall–Kier alpha value is -1.75. The van der Waals surface area contributed by atoms with Crippen LogP contribution in [0.15, 0.2) is 12.1 Å². The lowest BCUT2D eigenvalue weighted by molar-refractivity contribution is 0.0905. The number of piperidine rings is 1. The SMILES string of the molecule is COc1cc(C(=O)NC2CCN(CC3CCCC3)CC2)cc(OC)c1C. The van der Waals surface area contributed by atoms with Crippen molar-refractivity contribution in [1.82, 2.24) is 10.2 Å². The Kier molecular flexibility index (Phi) is 6.41. The van der Waals surface area contributed by atoms with Crippen LogP contribution in [-0.2, 0) is 0 Å². The molecule has 144 valence electrons. The normalized spacial score (nSPS) is 19.5. The molecule has 2 aliphatic rings. The van der Waals surface area contributed by atoms with Gasteiger partial charge in [-0.05, 0) is 50.7 Å². The summed E-state index contributed by atoms with van der Waals surface area (Å²) in [6.45, 7) is 5.34. The number of hydrogen-bond acceptors (Lipinski definition) is 4. The minimum absolute atomic E-state index is 0.0455. The summed E-state index contributed by atoms with van der Waals surface area (Å²) in [5, 5.41) is 3.19. The Morgan fingerprint density at radius 2 is 1.65 bits per heavy atom. The van der Waals surface area contributed by atoms with Gasteiger partial charge in [-0.15, -0.1) is 0 Å². The van der Waals surface area contributed by atoms with Gasteiger partial charge in [-0.3, -0.25) is 4.79 Å². The number of carbonyl (C=O) groups is 1. The molecule has 1 aromatic rings. The number of benzene rings is 1. The molecule has 1 saturated heterocycles. The maximum absolute atomic E-state index is 12.7. The topological polar surface area (TPSA) is 50.8 Å². The minimum Gasteiger partial charge on any atom is -0.496 e. The Bertz CT molecular complexity index is 593. The zero-order valence-corrected chi connectivity index (χ0v) is 16.3. The highest BCUT2D eigenvalue weighted by atomic mass is 16.5. The number of nitrogens with zero attached hydrogens (tertiary/aromatic N) is 1. The first-order chi connectivity index (χ1) is 12.6. The molecule has 1 heterocycles. The highest BCUT2D eigenvalue weighted by molar-refractivity contribution is 5.95. The van der Waals surface area contributed by atoms with Gasteiger partial charge in [0, 0.05) is 36.8 Å².